The van der Waals surface area contributed by atoms with Gasteiger partial charge in [-0.3, -0.25) is 5.32 Å². The summed E-state index contributed by atoms with van der Waals surface area (Å²) in [6, 6.07) is 1.56. The van der Waals surface area contributed by atoms with Crippen molar-refractivity contribution < 1.29 is 9.53 Å². The lowest BCUT2D eigenvalue weighted by atomic mass is 10.2. The molecule has 0 aromatic carbocycles. The molecule has 0 radical (unpaired) electrons. The summed E-state index contributed by atoms with van der Waals surface area (Å²) in [5.41, 5.74) is 1.20. The number of carbonyl (C=O) groups is 1. The summed E-state index contributed by atoms with van der Waals surface area (Å²) < 4.78 is 6.83. The van der Waals surface area contributed by atoms with Crippen molar-refractivity contribution in [2.24, 2.45) is 0 Å². The molecule has 1 saturated carbocycles. The lowest BCUT2D eigenvalue weighted by Gasteiger charge is -2.19. The minimum atomic E-state index is -0.566. The molecule has 7 heteroatoms. The predicted octanol–water partition coefficient (Wildman–Crippen LogP) is 3.61. The van der Waals surface area contributed by atoms with Crippen LogP contribution >= 0.6 is 11.6 Å². The van der Waals surface area contributed by atoms with Crippen LogP contribution in [-0.4, -0.2) is 26.3 Å². The number of aromatic nitrogens is 3. The summed E-state index contributed by atoms with van der Waals surface area (Å²) in [6.45, 7) is 5.42. The quantitative estimate of drug-likeness (QED) is 0.861. The Bertz CT molecular complexity index is 701. The molecule has 0 spiro atoms. The minimum Gasteiger partial charge on any atom is -0.444 e. The lowest BCUT2D eigenvalue weighted by molar-refractivity contribution is 0.0635. The van der Waals surface area contributed by atoms with Gasteiger partial charge in [-0.05, 0) is 39.5 Å². The normalized spacial score (nSPS) is 15.2. The zero-order chi connectivity index (χ0) is 15.2. The van der Waals surface area contributed by atoms with Crippen LogP contribution in [0.4, 0.5) is 10.6 Å². The van der Waals surface area contributed by atoms with Gasteiger partial charge in [0.15, 0.2) is 5.65 Å². The maximum absolute atomic E-state index is 11.9. The molecule has 2 heterocycles. The van der Waals surface area contributed by atoms with E-state index in [9.17, 15) is 4.79 Å². The van der Waals surface area contributed by atoms with E-state index in [2.05, 4.69) is 15.4 Å². The number of rotatable bonds is 2. The Kier molecular flexibility index (Phi) is 3.28. The molecule has 6 nitrogen and oxygen atoms in total. The fourth-order valence-corrected chi connectivity index (χ4v) is 2.31. The maximum Gasteiger partial charge on any atom is 0.413 e. The summed E-state index contributed by atoms with van der Waals surface area (Å²) in [5.74, 6) is 0.953. The molecule has 0 bridgehead atoms. The van der Waals surface area contributed by atoms with Crippen molar-refractivity contribution in [3.8, 4) is 0 Å². The molecular weight excluding hydrogens is 292 g/mol. The molecule has 1 aliphatic rings. The third-order valence-corrected chi connectivity index (χ3v) is 3.31. The Hall–Kier alpha value is -1.82. The summed E-state index contributed by atoms with van der Waals surface area (Å²) in [4.78, 5) is 16.2. The van der Waals surface area contributed by atoms with Crippen LogP contribution in [-0.2, 0) is 4.74 Å². The molecule has 0 aliphatic heterocycles. The number of hydrogen-bond donors (Lipinski definition) is 1. The van der Waals surface area contributed by atoms with Crippen molar-refractivity contribution in [3.63, 3.8) is 0 Å². The van der Waals surface area contributed by atoms with Crippen LogP contribution in [0.25, 0.3) is 5.65 Å². The van der Waals surface area contributed by atoms with Crippen molar-refractivity contribution in [2.45, 2.75) is 45.1 Å². The zero-order valence-corrected chi connectivity index (χ0v) is 12.9. The van der Waals surface area contributed by atoms with Gasteiger partial charge in [-0.1, -0.05) is 11.6 Å². The lowest BCUT2D eigenvalue weighted by Crippen LogP contribution is -2.28. The third-order valence-electron chi connectivity index (χ3n) is 3.11. The maximum atomic E-state index is 11.9. The van der Waals surface area contributed by atoms with Gasteiger partial charge < -0.3 is 4.74 Å². The SMILES string of the molecule is CC(C)(C)OC(=O)Nc1cc(Cl)nc2c(C3CC3)cnn12. The molecule has 1 amide bonds. The molecule has 112 valence electrons. The highest BCUT2D eigenvalue weighted by molar-refractivity contribution is 6.29. The van der Waals surface area contributed by atoms with E-state index >= 15 is 0 Å². The minimum absolute atomic E-state index is 0.316. The van der Waals surface area contributed by atoms with Crippen molar-refractivity contribution in [1.82, 2.24) is 14.6 Å². The van der Waals surface area contributed by atoms with Gasteiger partial charge in [0, 0.05) is 11.6 Å². The van der Waals surface area contributed by atoms with E-state index in [1.165, 1.54) is 0 Å². The van der Waals surface area contributed by atoms with E-state index in [1.807, 2.05) is 0 Å². The van der Waals surface area contributed by atoms with Crippen molar-refractivity contribution >= 4 is 29.2 Å². The average molecular weight is 309 g/mol. The molecule has 0 atom stereocenters. The van der Waals surface area contributed by atoms with Crippen molar-refractivity contribution in [3.05, 3.63) is 23.0 Å². The first-order valence-electron chi connectivity index (χ1n) is 6.88. The zero-order valence-electron chi connectivity index (χ0n) is 12.2. The van der Waals surface area contributed by atoms with E-state index < -0.39 is 11.7 Å². The number of ether oxygens (including phenoxy) is 1. The van der Waals surface area contributed by atoms with E-state index in [0.717, 1.165) is 18.4 Å². The molecule has 1 N–H and O–H groups in total. The third kappa shape index (κ3) is 3.10. The van der Waals surface area contributed by atoms with E-state index in [0.29, 0.717) is 22.5 Å². The number of amides is 1. The number of carbonyl (C=O) groups excluding carboxylic acids is 1. The molecule has 3 rings (SSSR count). The number of halogens is 1. The van der Waals surface area contributed by atoms with Gasteiger partial charge >= 0.3 is 6.09 Å². The fraction of sp³-hybridized carbons (Fsp3) is 0.500. The molecule has 2 aromatic rings. The van der Waals surface area contributed by atoms with Gasteiger partial charge in [-0.25, -0.2) is 9.78 Å². The van der Waals surface area contributed by atoms with Gasteiger partial charge in [-0.2, -0.15) is 9.61 Å². The summed E-state index contributed by atoms with van der Waals surface area (Å²) in [5, 5.41) is 7.28. The monoisotopic (exact) mass is 308 g/mol. The van der Waals surface area contributed by atoms with Gasteiger partial charge in [-0.15, -0.1) is 0 Å². The predicted molar refractivity (Wildman–Crippen MR) is 79.8 cm³/mol. The highest BCUT2D eigenvalue weighted by atomic mass is 35.5. The molecule has 21 heavy (non-hydrogen) atoms. The number of nitrogens with zero attached hydrogens (tertiary/aromatic N) is 3. The second-order valence-corrected chi connectivity index (χ2v) is 6.59. The van der Waals surface area contributed by atoms with E-state index in [4.69, 9.17) is 16.3 Å². The number of nitrogens with one attached hydrogen (secondary N) is 1. The van der Waals surface area contributed by atoms with E-state index in [1.54, 1.807) is 37.5 Å². The average Bonchev–Trinajstić information content (AvgIpc) is 3.07. The highest BCUT2D eigenvalue weighted by Gasteiger charge is 2.28. The van der Waals surface area contributed by atoms with Gasteiger partial charge in [0.25, 0.3) is 0 Å². The van der Waals surface area contributed by atoms with Crippen LogP contribution in [0.2, 0.25) is 5.15 Å². The van der Waals surface area contributed by atoms with Gasteiger partial charge in [0.1, 0.15) is 16.6 Å². The Morgan fingerprint density at radius 1 is 1.48 bits per heavy atom. The Balaban J connectivity index is 1.93. The molecule has 0 saturated heterocycles. The standard InChI is InChI=1S/C14H17ClN4O2/c1-14(2,3)21-13(20)18-11-6-10(15)17-12-9(8-4-5-8)7-16-19(11)12/h6-8H,4-5H2,1-3H3,(H,18,20). The van der Waals surface area contributed by atoms with Crippen LogP contribution in [0.1, 0.15) is 45.1 Å². The van der Waals surface area contributed by atoms with Crippen LogP contribution in [0, 0.1) is 0 Å². The number of hydrogen-bond acceptors (Lipinski definition) is 4. The first-order chi connectivity index (χ1) is 9.83. The molecule has 0 unspecified atom stereocenters. The molecule has 2 aromatic heterocycles. The first-order valence-corrected chi connectivity index (χ1v) is 7.25. The first kappa shape index (κ1) is 14.1. The van der Waals surface area contributed by atoms with Crippen molar-refractivity contribution in [1.29, 1.82) is 0 Å². The Morgan fingerprint density at radius 2 is 2.19 bits per heavy atom. The van der Waals surface area contributed by atoms with Crippen LogP contribution in [0.3, 0.4) is 0 Å². The second kappa shape index (κ2) is 4.87. The van der Waals surface area contributed by atoms with Gasteiger partial charge in [0.05, 0.1) is 6.20 Å². The highest BCUT2D eigenvalue weighted by Crippen LogP contribution is 2.42. The van der Waals surface area contributed by atoms with Crippen LogP contribution in [0.5, 0.6) is 0 Å². The molecule has 1 aliphatic carbocycles. The number of anilines is 1. The summed E-state index contributed by atoms with van der Waals surface area (Å²) >= 11 is 6.05. The van der Waals surface area contributed by atoms with Gasteiger partial charge in [0.2, 0.25) is 0 Å². The number of fused-ring (bicyclic) bond motifs is 1. The Morgan fingerprint density at radius 3 is 2.81 bits per heavy atom. The Labute approximate surface area is 127 Å². The van der Waals surface area contributed by atoms with Crippen molar-refractivity contribution in [2.75, 3.05) is 5.32 Å². The summed E-state index contributed by atoms with van der Waals surface area (Å²) in [6.07, 6.45) is 3.53. The smallest absolute Gasteiger partial charge is 0.413 e. The topological polar surface area (TPSA) is 68.5 Å². The molecular formula is C14H17ClN4O2. The fourth-order valence-electron chi connectivity index (χ4n) is 2.13. The van der Waals surface area contributed by atoms with Crippen LogP contribution in [0.15, 0.2) is 12.3 Å². The second-order valence-electron chi connectivity index (χ2n) is 6.20. The van der Waals surface area contributed by atoms with Crippen LogP contribution < -0.4 is 5.32 Å². The molecule has 1 fully saturated rings. The van der Waals surface area contributed by atoms with E-state index in [-0.39, 0.29) is 0 Å². The summed E-state index contributed by atoms with van der Waals surface area (Å²) in [7, 11) is 0. The largest absolute Gasteiger partial charge is 0.444 e.